The van der Waals surface area contributed by atoms with Crippen LogP contribution in [0.15, 0.2) is 30.9 Å². The van der Waals surface area contributed by atoms with Crippen LogP contribution >= 0.6 is 0 Å². The third kappa shape index (κ3) is 4.18. The fraction of sp³-hybridized carbons (Fsp3) is 0.308. The number of carbonyl (C=O) groups is 1. The number of rotatable bonds is 6. The van der Waals surface area contributed by atoms with E-state index in [0.717, 1.165) is 5.56 Å². The van der Waals surface area contributed by atoms with E-state index < -0.39 is 0 Å². The van der Waals surface area contributed by atoms with Gasteiger partial charge in [0.2, 0.25) is 5.91 Å². The van der Waals surface area contributed by atoms with Crippen LogP contribution in [0.1, 0.15) is 18.4 Å². The van der Waals surface area contributed by atoms with E-state index in [0.29, 0.717) is 25.1 Å². The molecule has 0 saturated heterocycles. The number of ether oxygens (including phenoxy) is 1. The Bertz CT molecular complexity index is 402. The predicted molar refractivity (Wildman–Crippen MR) is 65.9 cm³/mol. The highest BCUT2D eigenvalue weighted by Gasteiger charge is 2.04. The van der Waals surface area contributed by atoms with Crippen LogP contribution in [0.4, 0.5) is 0 Å². The number of carbonyl (C=O) groups excluding carboxylic acids is 1. The van der Waals surface area contributed by atoms with Gasteiger partial charge in [0, 0.05) is 13.0 Å². The molecule has 0 aliphatic carbocycles. The molecule has 0 unspecified atom stereocenters. The van der Waals surface area contributed by atoms with Gasteiger partial charge in [-0.15, -0.1) is 6.58 Å². The zero-order valence-electron chi connectivity index (χ0n) is 9.90. The van der Waals surface area contributed by atoms with Crippen molar-refractivity contribution in [1.82, 2.24) is 5.32 Å². The number of allylic oxidation sites excluding steroid dienone is 1. The first kappa shape index (κ1) is 13.1. The smallest absolute Gasteiger partial charge is 0.220 e. The van der Waals surface area contributed by atoms with Crippen molar-refractivity contribution in [1.29, 1.82) is 0 Å². The molecule has 1 aromatic carbocycles. The van der Waals surface area contributed by atoms with E-state index >= 15 is 0 Å². The van der Waals surface area contributed by atoms with Gasteiger partial charge in [-0.1, -0.05) is 12.1 Å². The van der Waals surface area contributed by atoms with Crippen LogP contribution in [0.25, 0.3) is 0 Å². The summed E-state index contributed by atoms with van der Waals surface area (Å²) in [6.45, 7) is 3.98. The van der Waals surface area contributed by atoms with E-state index in [1.165, 1.54) is 7.11 Å². The number of hydrogen-bond acceptors (Lipinski definition) is 3. The first-order valence-electron chi connectivity index (χ1n) is 5.41. The normalized spacial score (nSPS) is 9.71. The molecule has 0 heterocycles. The number of aromatic hydroxyl groups is 1. The summed E-state index contributed by atoms with van der Waals surface area (Å²) in [4.78, 5) is 11.4. The minimum absolute atomic E-state index is 0.0167. The van der Waals surface area contributed by atoms with E-state index in [1.54, 1.807) is 24.3 Å². The molecule has 0 atom stereocenters. The lowest BCUT2D eigenvalue weighted by Gasteiger charge is -2.07. The molecule has 4 nitrogen and oxygen atoms in total. The zero-order valence-corrected chi connectivity index (χ0v) is 9.90. The molecule has 1 rings (SSSR count). The second kappa shape index (κ2) is 6.58. The Kier molecular flexibility index (Phi) is 5.07. The molecule has 0 spiro atoms. The Labute approximate surface area is 101 Å². The maximum absolute atomic E-state index is 11.4. The third-order valence-electron chi connectivity index (χ3n) is 2.31. The molecule has 0 bridgehead atoms. The number of phenolic OH excluding ortho intramolecular Hbond substituents is 1. The molecule has 0 fully saturated rings. The van der Waals surface area contributed by atoms with E-state index in [4.69, 9.17) is 4.74 Å². The van der Waals surface area contributed by atoms with Gasteiger partial charge in [-0.3, -0.25) is 4.79 Å². The minimum Gasteiger partial charge on any atom is -0.504 e. The molecule has 92 valence electrons. The Morgan fingerprint density at radius 3 is 3.00 bits per heavy atom. The van der Waals surface area contributed by atoms with Crippen molar-refractivity contribution in [3.63, 3.8) is 0 Å². The quantitative estimate of drug-likeness (QED) is 0.741. The zero-order chi connectivity index (χ0) is 12.7. The van der Waals surface area contributed by atoms with Gasteiger partial charge in [0.15, 0.2) is 11.5 Å². The predicted octanol–water partition coefficient (Wildman–Crippen LogP) is 1.98. The van der Waals surface area contributed by atoms with Crippen molar-refractivity contribution in [2.75, 3.05) is 7.11 Å². The summed E-state index contributed by atoms with van der Waals surface area (Å²) in [5.74, 6) is 0.481. The Morgan fingerprint density at radius 2 is 2.35 bits per heavy atom. The van der Waals surface area contributed by atoms with Crippen molar-refractivity contribution in [3.05, 3.63) is 36.4 Å². The molecule has 0 radical (unpaired) electrons. The summed E-state index contributed by atoms with van der Waals surface area (Å²) < 4.78 is 4.98. The second-order valence-corrected chi connectivity index (χ2v) is 3.61. The largest absolute Gasteiger partial charge is 0.504 e. The Hall–Kier alpha value is -1.97. The number of methoxy groups -OCH3 is 1. The lowest BCUT2D eigenvalue weighted by molar-refractivity contribution is -0.121. The first-order chi connectivity index (χ1) is 8.17. The van der Waals surface area contributed by atoms with Gasteiger partial charge in [0.25, 0.3) is 0 Å². The van der Waals surface area contributed by atoms with Gasteiger partial charge >= 0.3 is 0 Å². The van der Waals surface area contributed by atoms with Crippen molar-refractivity contribution < 1.29 is 14.6 Å². The Balaban J connectivity index is 2.51. The van der Waals surface area contributed by atoms with Crippen LogP contribution in [0.3, 0.4) is 0 Å². The maximum Gasteiger partial charge on any atom is 0.220 e. The van der Waals surface area contributed by atoms with Gasteiger partial charge in [0.1, 0.15) is 0 Å². The Morgan fingerprint density at radius 1 is 1.59 bits per heavy atom. The molecular weight excluding hydrogens is 218 g/mol. The summed E-state index contributed by atoms with van der Waals surface area (Å²) in [5.41, 5.74) is 0.881. The fourth-order valence-electron chi connectivity index (χ4n) is 1.35. The molecule has 0 aromatic heterocycles. The lowest BCUT2D eigenvalue weighted by atomic mass is 10.2. The van der Waals surface area contributed by atoms with Gasteiger partial charge in [-0.25, -0.2) is 0 Å². The summed E-state index contributed by atoms with van der Waals surface area (Å²) in [6.07, 6.45) is 2.83. The van der Waals surface area contributed by atoms with Gasteiger partial charge in [0.05, 0.1) is 7.11 Å². The fourth-order valence-corrected chi connectivity index (χ4v) is 1.35. The van der Waals surface area contributed by atoms with Crippen LogP contribution < -0.4 is 10.1 Å². The van der Waals surface area contributed by atoms with Gasteiger partial charge in [-0.05, 0) is 24.1 Å². The number of benzene rings is 1. The average Bonchev–Trinajstić information content (AvgIpc) is 2.35. The summed E-state index contributed by atoms with van der Waals surface area (Å²) >= 11 is 0. The van der Waals surface area contributed by atoms with Crippen molar-refractivity contribution in [2.24, 2.45) is 0 Å². The van der Waals surface area contributed by atoms with Crippen LogP contribution in [-0.2, 0) is 11.3 Å². The van der Waals surface area contributed by atoms with E-state index in [2.05, 4.69) is 11.9 Å². The van der Waals surface area contributed by atoms with Gasteiger partial charge < -0.3 is 15.2 Å². The highest BCUT2D eigenvalue weighted by Crippen LogP contribution is 2.26. The summed E-state index contributed by atoms with van der Waals surface area (Å²) in [5, 5.41) is 12.2. The first-order valence-corrected chi connectivity index (χ1v) is 5.41. The van der Waals surface area contributed by atoms with E-state index in [1.807, 2.05) is 0 Å². The lowest BCUT2D eigenvalue weighted by Crippen LogP contribution is -2.22. The third-order valence-corrected chi connectivity index (χ3v) is 2.31. The number of phenols is 1. The van der Waals surface area contributed by atoms with Crippen LogP contribution in [0.2, 0.25) is 0 Å². The molecule has 4 heteroatoms. The molecule has 1 amide bonds. The molecular formula is C13H17NO3. The highest BCUT2D eigenvalue weighted by atomic mass is 16.5. The van der Waals surface area contributed by atoms with Gasteiger partial charge in [-0.2, -0.15) is 0 Å². The number of hydrogen-bond donors (Lipinski definition) is 2. The van der Waals surface area contributed by atoms with Crippen LogP contribution in [0, 0.1) is 0 Å². The monoisotopic (exact) mass is 235 g/mol. The topological polar surface area (TPSA) is 58.6 Å². The molecule has 0 aliphatic rings. The molecule has 0 saturated carbocycles. The maximum atomic E-state index is 11.4. The number of amides is 1. The molecule has 0 aliphatic heterocycles. The molecule has 17 heavy (non-hydrogen) atoms. The molecule has 2 N–H and O–H groups in total. The van der Waals surface area contributed by atoms with Crippen LogP contribution in [0.5, 0.6) is 11.5 Å². The standard InChI is InChI=1S/C13H17NO3/c1-3-4-5-13(16)14-9-10-6-7-11(15)12(8-10)17-2/h3,6-8,15H,1,4-5,9H2,2H3,(H,14,16). The summed E-state index contributed by atoms with van der Waals surface area (Å²) in [6, 6.07) is 4.98. The highest BCUT2D eigenvalue weighted by molar-refractivity contribution is 5.76. The SMILES string of the molecule is C=CCCC(=O)NCc1ccc(O)c(OC)c1. The van der Waals surface area contributed by atoms with Crippen molar-refractivity contribution >= 4 is 5.91 Å². The molecule has 1 aromatic rings. The van der Waals surface area contributed by atoms with E-state index in [-0.39, 0.29) is 11.7 Å². The second-order valence-electron chi connectivity index (χ2n) is 3.61. The van der Waals surface area contributed by atoms with Crippen molar-refractivity contribution in [3.8, 4) is 11.5 Å². The average molecular weight is 235 g/mol. The minimum atomic E-state index is -0.0167. The number of nitrogens with one attached hydrogen (secondary N) is 1. The van der Waals surface area contributed by atoms with Crippen LogP contribution in [-0.4, -0.2) is 18.1 Å². The summed E-state index contributed by atoms with van der Waals surface area (Å²) in [7, 11) is 1.49. The van der Waals surface area contributed by atoms with E-state index in [9.17, 15) is 9.90 Å². The van der Waals surface area contributed by atoms with Crippen molar-refractivity contribution in [2.45, 2.75) is 19.4 Å².